The van der Waals surface area contributed by atoms with Crippen LogP contribution in [0.5, 0.6) is 5.75 Å². The zero-order valence-corrected chi connectivity index (χ0v) is 10.4. The number of benzene rings is 1. The molecule has 0 radical (unpaired) electrons. The molecule has 1 aromatic carbocycles. The van der Waals surface area contributed by atoms with E-state index in [0.29, 0.717) is 0 Å². The first kappa shape index (κ1) is 12.0. The van der Waals surface area contributed by atoms with E-state index in [0.717, 1.165) is 24.4 Å². The predicted molar refractivity (Wildman–Crippen MR) is 68.6 cm³/mol. The van der Waals surface area contributed by atoms with Crippen LogP contribution in [0.3, 0.4) is 0 Å². The minimum Gasteiger partial charge on any atom is -0.497 e. The Balaban J connectivity index is 1.95. The molecule has 0 bridgehead atoms. The molecule has 1 unspecified atom stereocenters. The van der Waals surface area contributed by atoms with E-state index in [4.69, 9.17) is 16.3 Å². The molecule has 0 aliphatic heterocycles. The van der Waals surface area contributed by atoms with Crippen molar-refractivity contribution < 1.29 is 4.74 Å². The Morgan fingerprint density at radius 3 is 3.00 bits per heavy atom. The van der Waals surface area contributed by atoms with Gasteiger partial charge in [0.25, 0.3) is 0 Å². The summed E-state index contributed by atoms with van der Waals surface area (Å²) in [7, 11) is 1.67. The number of nitrogens with zero attached hydrogens (tertiary/aromatic N) is 1. The highest BCUT2D eigenvalue weighted by Gasteiger charge is 2.09. The third-order valence-electron chi connectivity index (χ3n) is 2.56. The SMILES string of the molecule is COc1cccc(CC(Cl)Cc2ncc[nH]2)c1. The number of nitrogens with one attached hydrogen (secondary N) is 1. The van der Waals surface area contributed by atoms with Crippen LogP contribution < -0.4 is 4.74 Å². The summed E-state index contributed by atoms with van der Waals surface area (Å²) >= 11 is 6.30. The first-order chi connectivity index (χ1) is 8.28. The summed E-state index contributed by atoms with van der Waals surface area (Å²) in [6.45, 7) is 0. The molecule has 0 aliphatic carbocycles. The smallest absolute Gasteiger partial charge is 0.119 e. The lowest BCUT2D eigenvalue weighted by Gasteiger charge is -2.09. The Bertz CT molecular complexity index is 456. The molecule has 0 fully saturated rings. The fraction of sp³-hybridized carbons (Fsp3) is 0.308. The summed E-state index contributed by atoms with van der Waals surface area (Å²) in [5.74, 6) is 1.79. The molecular weight excluding hydrogens is 236 g/mol. The number of alkyl halides is 1. The van der Waals surface area contributed by atoms with Gasteiger partial charge < -0.3 is 9.72 Å². The fourth-order valence-corrected chi connectivity index (χ4v) is 2.07. The second-order valence-electron chi connectivity index (χ2n) is 3.89. The predicted octanol–water partition coefficient (Wildman–Crippen LogP) is 2.81. The molecular formula is C13H15ClN2O. The zero-order chi connectivity index (χ0) is 12.1. The fourth-order valence-electron chi connectivity index (χ4n) is 1.75. The standard InChI is InChI=1S/C13H15ClN2O/c1-17-12-4-2-3-10(8-12)7-11(14)9-13-15-5-6-16-13/h2-6,8,11H,7,9H2,1H3,(H,15,16). The molecule has 3 nitrogen and oxygen atoms in total. The number of halogens is 1. The summed E-state index contributed by atoms with van der Waals surface area (Å²) in [6, 6.07) is 7.97. The molecule has 2 rings (SSSR count). The number of hydrogen-bond donors (Lipinski definition) is 1. The molecule has 0 spiro atoms. The number of hydrogen-bond acceptors (Lipinski definition) is 2. The van der Waals surface area contributed by atoms with Gasteiger partial charge >= 0.3 is 0 Å². The highest BCUT2D eigenvalue weighted by molar-refractivity contribution is 6.20. The summed E-state index contributed by atoms with van der Waals surface area (Å²) in [5, 5.41) is 0.0354. The van der Waals surface area contributed by atoms with Crippen molar-refractivity contribution in [2.45, 2.75) is 18.2 Å². The van der Waals surface area contributed by atoms with Gasteiger partial charge in [0.05, 0.1) is 7.11 Å². The van der Waals surface area contributed by atoms with E-state index < -0.39 is 0 Å². The van der Waals surface area contributed by atoms with Crippen LogP contribution in [-0.2, 0) is 12.8 Å². The first-order valence-electron chi connectivity index (χ1n) is 5.53. The van der Waals surface area contributed by atoms with Gasteiger partial charge in [-0.1, -0.05) is 12.1 Å². The van der Waals surface area contributed by atoms with Crippen LogP contribution in [0.2, 0.25) is 0 Å². The number of rotatable bonds is 5. The molecule has 1 atom stereocenters. The van der Waals surface area contributed by atoms with Crippen LogP contribution in [0, 0.1) is 0 Å². The molecule has 0 aliphatic rings. The first-order valence-corrected chi connectivity index (χ1v) is 5.97. The Morgan fingerprint density at radius 1 is 1.41 bits per heavy atom. The van der Waals surface area contributed by atoms with E-state index in [-0.39, 0.29) is 5.38 Å². The maximum absolute atomic E-state index is 6.30. The number of imidazole rings is 1. The summed E-state index contributed by atoms with van der Waals surface area (Å²) in [4.78, 5) is 7.22. The number of ether oxygens (including phenoxy) is 1. The molecule has 1 heterocycles. The van der Waals surface area contributed by atoms with E-state index in [1.165, 1.54) is 5.56 Å². The van der Waals surface area contributed by atoms with E-state index in [2.05, 4.69) is 16.0 Å². The summed E-state index contributed by atoms with van der Waals surface area (Å²) in [6.07, 6.45) is 5.10. The Hall–Kier alpha value is -1.48. The van der Waals surface area contributed by atoms with Gasteiger partial charge in [0.15, 0.2) is 0 Å². The van der Waals surface area contributed by atoms with Crippen molar-refractivity contribution in [3.05, 3.63) is 48.0 Å². The van der Waals surface area contributed by atoms with Crippen LogP contribution in [0.4, 0.5) is 0 Å². The van der Waals surface area contributed by atoms with Crippen molar-refractivity contribution in [3.63, 3.8) is 0 Å². The number of aromatic amines is 1. The van der Waals surface area contributed by atoms with Crippen molar-refractivity contribution in [2.24, 2.45) is 0 Å². The van der Waals surface area contributed by atoms with Crippen LogP contribution in [0.15, 0.2) is 36.7 Å². The largest absolute Gasteiger partial charge is 0.497 e. The van der Waals surface area contributed by atoms with Crippen LogP contribution in [0.1, 0.15) is 11.4 Å². The highest BCUT2D eigenvalue weighted by atomic mass is 35.5. The molecule has 4 heteroatoms. The topological polar surface area (TPSA) is 37.9 Å². The minimum atomic E-state index is 0.0354. The normalized spacial score (nSPS) is 12.4. The third kappa shape index (κ3) is 3.49. The second kappa shape index (κ2) is 5.73. The molecule has 0 saturated carbocycles. The molecule has 17 heavy (non-hydrogen) atoms. The van der Waals surface area contributed by atoms with Gasteiger partial charge in [0.2, 0.25) is 0 Å². The lowest BCUT2D eigenvalue weighted by atomic mass is 10.1. The van der Waals surface area contributed by atoms with E-state index in [9.17, 15) is 0 Å². The maximum Gasteiger partial charge on any atom is 0.119 e. The molecule has 0 saturated heterocycles. The van der Waals surface area contributed by atoms with Gasteiger partial charge in [-0.05, 0) is 24.1 Å². The highest BCUT2D eigenvalue weighted by Crippen LogP contribution is 2.17. The monoisotopic (exact) mass is 250 g/mol. The quantitative estimate of drug-likeness (QED) is 0.829. The molecule has 1 aromatic heterocycles. The average Bonchev–Trinajstić information content (AvgIpc) is 2.82. The lowest BCUT2D eigenvalue weighted by molar-refractivity contribution is 0.414. The van der Waals surface area contributed by atoms with Gasteiger partial charge in [-0.3, -0.25) is 0 Å². The van der Waals surface area contributed by atoms with Crippen molar-refractivity contribution in [2.75, 3.05) is 7.11 Å². The van der Waals surface area contributed by atoms with Gasteiger partial charge in [-0.25, -0.2) is 4.98 Å². The molecule has 1 N–H and O–H groups in total. The Kier molecular flexibility index (Phi) is 4.04. The number of aromatic nitrogens is 2. The van der Waals surface area contributed by atoms with Crippen molar-refractivity contribution in [1.29, 1.82) is 0 Å². The summed E-state index contributed by atoms with van der Waals surface area (Å²) < 4.78 is 5.18. The molecule has 0 amide bonds. The number of methoxy groups -OCH3 is 1. The maximum atomic E-state index is 6.30. The van der Waals surface area contributed by atoms with Gasteiger partial charge in [-0.15, -0.1) is 11.6 Å². The van der Waals surface area contributed by atoms with Crippen molar-refractivity contribution >= 4 is 11.6 Å². The van der Waals surface area contributed by atoms with Crippen molar-refractivity contribution in [3.8, 4) is 5.75 Å². The lowest BCUT2D eigenvalue weighted by Crippen LogP contribution is -2.08. The van der Waals surface area contributed by atoms with E-state index in [1.54, 1.807) is 13.3 Å². The molecule has 90 valence electrons. The minimum absolute atomic E-state index is 0.0354. The summed E-state index contributed by atoms with van der Waals surface area (Å²) in [5.41, 5.74) is 1.18. The zero-order valence-electron chi connectivity index (χ0n) is 9.69. The van der Waals surface area contributed by atoms with Gasteiger partial charge in [-0.2, -0.15) is 0 Å². The van der Waals surface area contributed by atoms with Crippen LogP contribution in [-0.4, -0.2) is 22.5 Å². The van der Waals surface area contributed by atoms with E-state index in [1.807, 2.05) is 24.4 Å². The Labute approximate surface area is 106 Å². The van der Waals surface area contributed by atoms with Gasteiger partial charge in [0.1, 0.15) is 11.6 Å². The third-order valence-corrected chi connectivity index (χ3v) is 2.87. The van der Waals surface area contributed by atoms with Crippen molar-refractivity contribution in [1.82, 2.24) is 9.97 Å². The second-order valence-corrected chi connectivity index (χ2v) is 4.51. The van der Waals surface area contributed by atoms with E-state index >= 15 is 0 Å². The molecule has 2 aromatic rings. The average molecular weight is 251 g/mol. The Morgan fingerprint density at radius 2 is 2.29 bits per heavy atom. The van der Waals surface area contributed by atoms with Gasteiger partial charge in [0, 0.05) is 24.2 Å². The number of H-pyrrole nitrogens is 1. The van der Waals surface area contributed by atoms with Crippen LogP contribution >= 0.6 is 11.6 Å². The van der Waals surface area contributed by atoms with Crippen LogP contribution in [0.25, 0.3) is 0 Å².